The van der Waals surface area contributed by atoms with Crippen LogP contribution < -0.4 is 0 Å². The Labute approximate surface area is 167 Å². The highest BCUT2D eigenvalue weighted by Crippen LogP contribution is 2.43. The molecule has 150 valence electrons. The molecule has 2 N–H and O–H groups in total. The van der Waals surface area contributed by atoms with E-state index in [2.05, 4.69) is 4.98 Å². The zero-order valence-corrected chi connectivity index (χ0v) is 15.6. The summed E-state index contributed by atoms with van der Waals surface area (Å²) in [6, 6.07) is 8.99. The number of benzene rings is 1. The lowest BCUT2D eigenvalue weighted by molar-refractivity contribution is -0.140. The van der Waals surface area contributed by atoms with Gasteiger partial charge in [-0.25, -0.2) is 4.98 Å². The minimum atomic E-state index is -0.742. The monoisotopic (exact) mass is 395 g/mol. The van der Waals surface area contributed by atoms with Crippen molar-refractivity contribution in [1.82, 2.24) is 14.5 Å². The van der Waals surface area contributed by atoms with Crippen LogP contribution in [0.4, 0.5) is 0 Å². The highest BCUT2D eigenvalue weighted by molar-refractivity contribution is 6.40. The van der Waals surface area contributed by atoms with Crippen LogP contribution in [-0.4, -0.2) is 42.9 Å². The van der Waals surface area contributed by atoms with Gasteiger partial charge in [-0.05, 0) is 36.2 Å². The Morgan fingerprint density at radius 2 is 1.86 bits per heavy atom. The number of phenols is 1. The molecule has 1 aromatic carbocycles. The first kappa shape index (κ1) is 18.9. The van der Waals surface area contributed by atoms with Crippen molar-refractivity contribution in [2.45, 2.75) is 31.5 Å². The van der Waals surface area contributed by atoms with Gasteiger partial charge in [-0.1, -0.05) is 12.1 Å². The van der Waals surface area contributed by atoms with Gasteiger partial charge in [0, 0.05) is 25.5 Å². The Morgan fingerprint density at radius 3 is 2.52 bits per heavy atom. The van der Waals surface area contributed by atoms with Gasteiger partial charge in [0.1, 0.15) is 29.9 Å². The van der Waals surface area contributed by atoms with Crippen LogP contribution in [0.25, 0.3) is 0 Å². The third-order valence-corrected chi connectivity index (χ3v) is 5.16. The van der Waals surface area contributed by atoms with Crippen molar-refractivity contribution >= 4 is 11.7 Å². The number of aromatic nitrogens is 2. The maximum absolute atomic E-state index is 12.9. The Kier molecular flexibility index (Phi) is 5.18. The number of phenolic OH excluding ortho intramolecular Hbond substituents is 1. The normalized spacial score (nSPS) is 19.3. The van der Waals surface area contributed by atoms with E-state index in [4.69, 9.17) is 4.42 Å². The Morgan fingerprint density at radius 1 is 1.07 bits per heavy atom. The second kappa shape index (κ2) is 7.92. The van der Waals surface area contributed by atoms with Crippen molar-refractivity contribution in [2.24, 2.45) is 0 Å². The number of hydrogen-bond acceptors (Lipinski definition) is 6. The number of ketones is 1. The van der Waals surface area contributed by atoms with Crippen LogP contribution in [0.3, 0.4) is 0 Å². The number of imidazole rings is 1. The average molecular weight is 395 g/mol. The van der Waals surface area contributed by atoms with Gasteiger partial charge in [0.25, 0.3) is 5.91 Å². The number of aliphatic hydroxyl groups is 1. The van der Waals surface area contributed by atoms with Gasteiger partial charge in [-0.3, -0.25) is 9.59 Å². The van der Waals surface area contributed by atoms with Crippen molar-refractivity contribution in [3.63, 3.8) is 0 Å². The molecule has 8 heteroatoms. The molecule has 1 amide bonds. The van der Waals surface area contributed by atoms with Gasteiger partial charge < -0.3 is 24.1 Å². The molecule has 4 rings (SSSR count). The molecule has 0 saturated carbocycles. The second-order valence-corrected chi connectivity index (χ2v) is 6.99. The van der Waals surface area contributed by atoms with Crippen molar-refractivity contribution in [3.8, 4) is 5.75 Å². The van der Waals surface area contributed by atoms with Crippen LogP contribution in [0, 0.1) is 0 Å². The number of aryl methyl sites for hydroxylation is 1. The molecule has 0 bridgehead atoms. The van der Waals surface area contributed by atoms with E-state index in [9.17, 15) is 19.8 Å². The van der Waals surface area contributed by atoms with Crippen molar-refractivity contribution < 1.29 is 24.2 Å². The Bertz CT molecular complexity index is 994. The lowest BCUT2D eigenvalue weighted by Gasteiger charge is -2.26. The lowest BCUT2D eigenvalue weighted by atomic mass is 9.89. The van der Waals surface area contributed by atoms with E-state index in [-0.39, 0.29) is 12.4 Å². The summed E-state index contributed by atoms with van der Waals surface area (Å²) in [6.45, 7) is 0.769. The molecule has 3 heterocycles. The highest BCUT2D eigenvalue weighted by atomic mass is 16.4. The fourth-order valence-electron chi connectivity index (χ4n) is 3.78. The number of rotatable bonds is 7. The zero-order chi connectivity index (χ0) is 20.4. The maximum atomic E-state index is 12.9. The van der Waals surface area contributed by atoms with Crippen molar-refractivity contribution in [2.75, 3.05) is 6.54 Å². The molecule has 2 unspecified atom stereocenters. The van der Waals surface area contributed by atoms with E-state index in [1.54, 1.807) is 36.8 Å². The lowest BCUT2D eigenvalue weighted by Crippen LogP contribution is -2.31. The van der Waals surface area contributed by atoms with E-state index in [1.807, 2.05) is 10.8 Å². The largest absolute Gasteiger partial charge is 0.508 e. The van der Waals surface area contributed by atoms with Crippen LogP contribution in [0.5, 0.6) is 5.75 Å². The summed E-state index contributed by atoms with van der Waals surface area (Å²) in [6.07, 6.45) is 5.87. The summed E-state index contributed by atoms with van der Waals surface area (Å²) in [4.78, 5) is 31.3. The molecule has 29 heavy (non-hydrogen) atoms. The minimum Gasteiger partial charge on any atom is -0.508 e. The summed E-state index contributed by atoms with van der Waals surface area (Å²) < 4.78 is 7.62. The number of aliphatic hydroxyl groups excluding tert-OH is 1. The number of carbonyl (C=O) groups is 2. The SMILES string of the molecule is O=C1C(=O)N(CCCn2ccnc2)C(c2ccc(CO)o2)C1c1ccc(O)cc1. The topological polar surface area (TPSA) is 109 Å². The van der Waals surface area contributed by atoms with Gasteiger partial charge in [-0.2, -0.15) is 0 Å². The maximum Gasteiger partial charge on any atom is 0.291 e. The number of likely N-dealkylation sites (tertiary alicyclic amines) is 1. The molecular weight excluding hydrogens is 374 g/mol. The first-order valence-corrected chi connectivity index (χ1v) is 9.37. The number of aromatic hydroxyl groups is 1. The van der Waals surface area contributed by atoms with Crippen LogP contribution in [0.2, 0.25) is 0 Å². The van der Waals surface area contributed by atoms with Gasteiger partial charge in [0.15, 0.2) is 0 Å². The van der Waals surface area contributed by atoms with Gasteiger partial charge >= 0.3 is 0 Å². The fourth-order valence-corrected chi connectivity index (χ4v) is 3.78. The molecular formula is C21H21N3O5. The second-order valence-electron chi connectivity index (χ2n) is 6.99. The Hall–Kier alpha value is -3.39. The van der Waals surface area contributed by atoms with Gasteiger partial charge in [0.2, 0.25) is 5.78 Å². The predicted molar refractivity (Wildman–Crippen MR) is 102 cm³/mol. The number of carbonyl (C=O) groups excluding carboxylic acids is 2. The third-order valence-electron chi connectivity index (χ3n) is 5.16. The van der Waals surface area contributed by atoms with E-state index >= 15 is 0 Å². The van der Waals surface area contributed by atoms with Crippen molar-refractivity contribution in [3.05, 3.63) is 72.2 Å². The smallest absolute Gasteiger partial charge is 0.291 e. The number of furan rings is 1. The quantitative estimate of drug-likeness (QED) is 0.593. The molecule has 2 atom stereocenters. The number of Topliss-reactive ketones (excluding diaryl/α,β-unsaturated/α-hetero) is 1. The molecule has 8 nitrogen and oxygen atoms in total. The standard InChI is InChI=1S/C21H21N3O5/c25-12-16-6-7-17(29-16)19-18(14-2-4-15(26)5-3-14)20(27)21(28)24(19)10-1-9-23-11-8-22-13-23/h2-8,11,13,18-19,25-26H,1,9-10,12H2. The predicted octanol–water partition coefficient (Wildman–Crippen LogP) is 2.00. The minimum absolute atomic E-state index is 0.0832. The van der Waals surface area contributed by atoms with Crippen LogP contribution in [0.15, 0.2) is 59.5 Å². The summed E-state index contributed by atoms with van der Waals surface area (Å²) >= 11 is 0. The summed E-state index contributed by atoms with van der Waals surface area (Å²) in [5.74, 6) is -0.900. The van der Waals surface area contributed by atoms with E-state index < -0.39 is 23.7 Å². The number of hydrogen-bond donors (Lipinski definition) is 2. The highest BCUT2D eigenvalue weighted by Gasteiger charge is 2.49. The molecule has 1 aliphatic rings. The fraction of sp³-hybridized carbons (Fsp3) is 0.286. The number of amides is 1. The summed E-state index contributed by atoms with van der Waals surface area (Å²) in [7, 11) is 0. The van der Waals surface area contributed by atoms with Crippen LogP contribution >= 0.6 is 0 Å². The molecule has 1 aliphatic heterocycles. The van der Waals surface area contributed by atoms with Crippen molar-refractivity contribution in [1.29, 1.82) is 0 Å². The average Bonchev–Trinajstić information content (AvgIpc) is 3.45. The molecule has 0 radical (unpaired) electrons. The first-order chi connectivity index (χ1) is 14.1. The molecule has 0 aliphatic carbocycles. The molecule has 3 aromatic rings. The molecule has 1 fully saturated rings. The van der Waals surface area contributed by atoms with Crippen LogP contribution in [0.1, 0.15) is 35.5 Å². The first-order valence-electron chi connectivity index (χ1n) is 9.37. The molecule has 1 saturated heterocycles. The van der Waals surface area contributed by atoms with E-state index in [0.29, 0.717) is 36.6 Å². The summed E-state index contributed by atoms with van der Waals surface area (Å²) in [5.41, 5.74) is 0.630. The van der Waals surface area contributed by atoms with E-state index in [1.165, 1.54) is 17.0 Å². The molecule has 0 spiro atoms. The van der Waals surface area contributed by atoms with Gasteiger partial charge in [-0.15, -0.1) is 0 Å². The number of nitrogens with zero attached hydrogens (tertiary/aromatic N) is 3. The van der Waals surface area contributed by atoms with E-state index in [0.717, 1.165) is 0 Å². The summed E-state index contributed by atoms with van der Waals surface area (Å²) in [5, 5.41) is 18.9. The van der Waals surface area contributed by atoms with Crippen LogP contribution in [-0.2, 0) is 22.7 Å². The zero-order valence-electron chi connectivity index (χ0n) is 15.6. The molecule has 2 aromatic heterocycles. The Balaban J connectivity index is 1.65. The third kappa shape index (κ3) is 3.66. The van der Waals surface area contributed by atoms with Gasteiger partial charge in [0.05, 0.1) is 12.2 Å².